The lowest BCUT2D eigenvalue weighted by Crippen LogP contribution is -2.62. The van der Waals surface area contributed by atoms with E-state index in [4.69, 9.17) is 4.74 Å². The van der Waals surface area contributed by atoms with Crippen molar-refractivity contribution in [2.75, 3.05) is 53.5 Å². The first-order chi connectivity index (χ1) is 12.1. The molecule has 7 heteroatoms. The molecule has 7 nitrogen and oxygen atoms in total. The van der Waals surface area contributed by atoms with Crippen molar-refractivity contribution in [2.24, 2.45) is 0 Å². The summed E-state index contributed by atoms with van der Waals surface area (Å²) in [6.45, 7) is 4.15. The molecule has 0 saturated carbocycles. The van der Waals surface area contributed by atoms with Gasteiger partial charge in [0, 0.05) is 58.0 Å². The minimum absolute atomic E-state index is 0.0456. The minimum atomic E-state index is -0.127. The van der Waals surface area contributed by atoms with E-state index in [9.17, 15) is 9.59 Å². The number of likely N-dealkylation sites (tertiary alicyclic amines) is 1. The molecule has 0 aliphatic carbocycles. The summed E-state index contributed by atoms with van der Waals surface area (Å²) < 4.78 is 5.12. The van der Waals surface area contributed by atoms with E-state index in [-0.39, 0.29) is 17.4 Å². The zero-order valence-corrected chi connectivity index (χ0v) is 15.2. The summed E-state index contributed by atoms with van der Waals surface area (Å²) in [5.74, 6) is 0.236. The molecule has 2 amide bonds. The summed E-state index contributed by atoms with van der Waals surface area (Å²) in [4.78, 5) is 34.3. The van der Waals surface area contributed by atoms with Gasteiger partial charge in [0.2, 0.25) is 5.91 Å². The zero-order chi connectivity index (χ0) is 17.9. The molecule has 1 atom stereocenters. The normalized spacial score (nSPS) is 25.4. The summed E-state index contributed by atoms with van der Waals surface area (Å²) in [6, 6.07) is 3.66. The third-order valence-corrected chi connectivity index (χ3v) is 5.69. The Bertz CT molecular complexity index is 603. The van der Waals surface area contributed by atoms with Crippen LogP contribution in [-0.2, 0) is 9.53 Å². The van der Waals surface area contributed by atoms with Crippen molar-refractivity contribution in [3.05, 3.63) is 24.0 Å². The highest BCUT2D eigenvalue weighted by molar-refractivity contribution is 5.92. The standard InChI is InChI=1S/C18H28N4O3/c1-20-10-11-22(17(24)15-4-3-8-19-15)14-18(20)6-5-16(23)21(9-7-18)12-13-25-2/h3-4,8,19H,5-7,9-14H2,1-2H3/t18-/m1/s1. The number of hydrogen-bond acceptors (Lipinski definition) is 4. The lowest BCUT2D eigenvalue weighted by atomic mass is 9.86. The molecule has 2 aliphatic rings. The number of aromatic nitrogens is 1. The molecule has 3 heterocycles. The number of H-pyrrole nitrogens is 1. The van der Waals surface area contributed by atoms with Crippen LogP contribution in [0.15, 0.2) is 18.3 Å². The largest absolute Gasteiger partial charge is 0.383 e. The van der Waals surface area contributed by atoms with E-state index >= 15 is 0 Å². The lowest BCUT2D eigenvalue weighted by molar-refractivity contribution is -0.131. The smallest absolute Gasteiger partial charge is 0.270 e. The summed E-state index contributed by atoms with van der Waals surface area (Å²) in [6.07, 6.45) is 3.98. The Labute approximate surface area is 148 Å². The van der Waals surface area contributed by atoms with E-state index in [1.54, 1.807) is 13.3 Å². The molecular formula is C18H28N4O3. The predicted octanol–water partition coefficient (Wildman–Crippen LogP) is 0.800. The third kappa shape index (κ3) is 3.72. The van der Waals surface area contributed by atoms with Gasteiger partial charge in [-0.1, -0.05) is 0 Å². The fourth-order valence-corrected chi connectivity index (χ4v) is 3.94. The van der Waals surface area contributed by atoms with Gasteiger partial charge in [0.1, 0.15) is 5.69 Å². The summed E-state index contributed by atoms with van der Waals surface area (Å²) in [5, 5.41) is 0. The van der Waals surface area contributed by atoms with Crippen LogP contribution >= 0.6 is 0 Å². The van der Waals surface area contributed by atoms with Crippen molar-refractivity contribution < 1.29 is 14.3 Å². The summed E-state index contributed by atoms with van der Waals surface area (Å²) in [7, 11) is 3.77. The number of nitrogens with one attached hydrogen (secondary N) is 1. The highest BCUT2D eigenvalue weighted by Crippen LogP contribution is 2.32. The SMILES string of the molecule is COCCN1CC[C@]2(CCC1=O)CN(C(=O)c1ccc[nH]1)CCN2C. The Balaban J connectivity index is 1.72. The van der Waals surface area contributed by atoms with Crippen molar-refractivity contribution in [1.29, 1.82) is 0 Å². The highest BCUT2D eigenvalue weighted by atomic mass is 16.5. The van der Waals surface area contributed by atoms with Crippen LogP contribution in [0.25, 0.3) is 0 Å². The number of amides is 2. The van der Waals surface area contributed by atoms with Crippen LogP contribution in [0, 0.1) is 0 Å². The summed E-state index contributed by atoms with van der Waals surface area (Å²) >= 11 is 0. The Morgan fingerprint density at radius 3 is 2.88 bits per heavy atom. The van der Waals surface area contributed by atoms with Crippen molar-refractivity contribution in [3.8, 4) is 0 Å². The van der Waals surface area contributed by atoms with Gasteiger partial charge in [0.25, 0.3) is 5.91 Å². The fourth-order valence-electron chi connectivity index (χ4n) is 3.94. The van der Waals surface area contributed by atoms with Gasteiger partial charge < -0.3 is 19.5 Å². The maximum absolute atomic E-state index is 12.7. The Hall–Kier alpha value is -1.86. The zero-order valence-electron chi connectivity index (χ0n) is 15.2. The monoisotopic (exact) mass is 348 g/mol. The van der Waals surface area contributed by atoms with Crippen LogP contribution in [0.3, 0.4) is 0 Å². The van der Waals surface area contributed by atoms with Crippen molar-refractivity contribution in [3.63, 3.8) is 0 Å². The van der Waals surface area contributed by atoms with E-state index in [0.717, 1.165) is 32.5 Å². The maximum atomic E-state index is 12.7. The highest BCUT2D eigenvalue weighted by Gasteiger charge is 2.43. The number of carbonyl (C=O) groups excluding carboxylic acids is 2. The van der Waals surface area contributed by atoms with Gasteiger partial charge in [-0.3, -0.25) is 14.5 Å². The molecule has 1 N–H and O–H groups in total. The van der Waals surface area contributed by atoms with Gasteiger partial charge in [-0.2, -0.15) is 0 Å². The first-order valence-electron chi connectivity index (χ1n) is 8.96. The van der Waals surface area contributed by atoms with Gasteiger partial charge in [-0.05, 0) is 32.0 Å². The molecular weight excluding hydrogens is 320 g/mol. The van der Waals surface area contributed by atoms with E-state index in [0.29, 0.717) is 31.8 Å². The van der Waals surface area contributed by atoms with E-state index in [1.807, 2.05) is 21.9 Å². The topological polar surface area (TPSA) is 68.9 Å². The number of aromatic amines is 1. The van der Waals surface area contributed by atoms with E-state index < -0.39 is 0 Å². The number of nitrogens with zero attached hydrogens (tertiary/aromatic N) is 3. The molecule has 138 valence electrons. The second-order valence-electron chi connectivity index (χ2n) is 7.08. The van der Waals surface area contributed by atoms with Gasteiger partial charge in [0.05, 0.1) is 6.61 Å². The van der Waals surface area contributed by atoms with Crippen LogP contribution in [0.5, 0.6) is 0 Å². The van der Waals surface area contributed by atoms with Crippen LogP contribution in [0.4, 0.5) is 0 Å². The Morgan fingerprint density at radius 1 is 1.32 bits per heavy atom. The van der Waals surface area contributed by atoms with Crippen molar-refractivity contribution in [1.82, 2.24) is 19.7 Å². The number of ether oxygens (including phenoxy) is 1. The molecule has 0 unspecified atom stereocenters. The minimum Gasteiger partial charge on any atom is -0.383 e. The van der Waals surface area contributed by atoms with Gasteiger partial charge in [0.15, 0.2) is 0 Å². The molecule has 1 spiro atoms. The molecule has 1 aromatic heterocycles. The molecule has 2 fully saturated rings. The average molecular weight is 348 g/mol. The number of likely N-dealkylation sites (N-methyl/N-ethyl adjacent to an activating group) is 1. The fraction of sp³-hybridized carbons (Fsp3) is 0.667. The average Bonchev–Trinajstić information content (AvgIpc) is 3.10. The molecule has 2 saturated heterocycles. The van der Waals surface area contributed by atoms with Crippen LogP contribution in [-0.4, -0.2) is 90.5 Å². The number of carbonyl (C=O) groups is 2. The quantitative estimate of drug-likeness (QED) is 0.874. The van der Waals surface area contributed by atoms with Gasteiger partial charge in [-0.25, -0.2) is 0 Å². The van der Waals surface area contributed by atoms with Gasteiger partial charge in [-0.15, -0.1) is 0 Å². The van der Waals surface area contributed by atoms with Crippen molar-refractivity contribution in [2.45, 2.75) is 24.8 Å². The Kier molecular flexibility index (Phi) is 5.44. The van der Waals surface area contributed by atoms with Gasteiger partial charge >= 0.3 is 0 Å². The lowest BCUT2D eigenvalue weighted by Gasteiger charge is -2.49. The summed E-state index contributed by atoms with van der Waals surface area (Å²) in [5.41, 5.74) is 0.504. The first-order valence-corrected chi connectivity index (χ1v) is 8.96. The predicted molar refractivity (Wildman–Crippen MR) is 94.4 cm³/mol. The molecule has 2 aliphatic heterocycles. The van der Waals surface area contributed by atoms with E-state index in [2.05, 4.69) is 16.9 Å². The maximum Gasteiger partial charge on any atom is 0.270 e. The molecule has 1 aromatic rings. The first kappa shape index (κ1) is 17.9. The molecule has 3 rings (SSSR count). The molecule has 25 heavy (non-hydrogen) atoms. The van der Waals surface area contributed by atoms with E-state index in [1.165, 1.54) is 0 Å². The Morgan fingerprint density at radius 2 is 2.16 bits per heavy atom. The molecule has 0 radical (unpaired) electrons. The third-order valence-electron chi connectivity index (χ3n) is 5.69. The van der Waals surface area contributed by atoms with Crippen molar-refractivity contribution >= 4 is 11.8 Å². The number of piperazine rings is 1. The number of hydrogen-bond donors (Lipinski definition) is 1. The second-order valence-corrected chi connectivity index (χ2v) is 7.08. The second kappa shape index (κ2) is 7.58. The molecule has 0 aromatic carbocycles. The number of rotatable bonds is 4. The molecule has 0 bridgehead atoms. The number of methoxy groups -OCH3 is 1. The van der Waals surface area contributed by atoms with Crippen LogP contribution < -0.4 is 0 Å². The van der Waals surface area contributed by atoms with Crippen LogP contribution in [0.1, 0.15) is 29.8 Å². The van der Waals surface area contributed by atoms with Crippen LogP contribution in [0.2, 0.25) is 0 Å².